The van der Waals surface area contributed by atoms with Crippen LogP contribution in [0.15, 0.2) is 35.7 Å². The van der Waals surface area contributed by atoms with Crippen molar-refractivity contribution in [1.29, 1.82) is 0 Å². The van der Waals surface area contributed by atoms with Gasteiger partial charge in [-0.25, -0.2) is 4.98 Å². The summed E-state index contributed by atoms with van der Waals surface area (Å²) in [6.07, 6.45) is 3.21. The third kappa shape index (κ3) is 7.13. The van der Waals surface area contributed by atoms with Gasteiger partial charge in [-0.15, -0.1) is 11.3 Å². The predicted octanol–water partition coefficient (Wildman–Crippen LogP) is 5.58. The van der Waals surface area contributed by atoms with E-state index in [-0.39, 0.29) is 11.8 Å². The number of amides is 2. The molecule has 10 heteroatoms. The van der Waals surface area contributed by atoms with Crippen molar-refractivity contribution in [3.63, 3.8) is 0 Å². The highest BCUT2D eigenvalue weighted by Crippen LogP contribution is 2.30. The molecule has 8 nitrogen and oxygen atoms in total. The summed E-state index contributed by atoms with van der Waals surface area (Å²) in [6.45, 7) is 12.5. The van der Waals surface area contributed by atoms with E-state index in [2.05, 4.69) is 23.3 Å². The minimum atomic E-state index is 0.0510. The van der Waals surface area contributed by atoms with Crippen LogP contribution in [0, 0.1) is 12.8 Å². The first-order valence-electron chi connectivity index (χ1n) is 14.6. The topological polar surface area (TPSA) is 70.9 Å². The summed E-state index contributed by atoms with van der Waals surface area (Å²) in [5, 5.41) is 3.46. The quantitative estimate of drug-likeness (QED) is 0.305. The van der Waals surface area contributed by atoms with Gasteiger partial charge in [-0.1, -0.05) is 37.6 Å². The van der Waals surface area contributed by atoms with Gasteiger partial charge in [0.25, 0.3) is 5.91 Å². The van der Waals surface area contributed by atoms with E-state index in [1.165, 1.54) is 0 Å². The molecule has 0 N–H and O–H groups in total. The van der Waals surface area contributed by atoms with Gasteiger partial charge in [0, 0.05) is 56.9 Å². The zero-order valence-electron chi connectivity index (χ0n) is 24.3. The molecule has 1 aromatic carbocycles. The molecule has 0 radical (unpaired) electrons. The number of thiazole rings is 1. The van der Waals surface area contributed by atoms with Crippen LogP contribution in [0.5, 0.6) is 5.75 Å². The number of aromatic nitrogens is 2. The molecule has 0 saturated carbocycles. The first-order valence-corrected chi connectivity index (χ1v) is 15.9. The number of ether oxygens (including phenoxy) is 1. The molecule has 2 aliphatic heterocycles. The summed E-state index contributed by atoms with van der Waals surface area (Å²) < 4.78 is 8.15. The SMILES string of the molecule is Cc1c(C(=O)N2CCN(CC(=O)N3CCCC3)CC2)cc(-c2csc(COc3ccccc3Cl)n2)n1CCC(C)C. The monoisotopic (exact) mass is 597 g/mol. The van der Waals surface area contributed by atoms with Crippen LogP contribution in [0.25, 0.3) is 11.4 Å². The molecule has 41 heavy (non-hydrogen) atoms. The van der Waals surface area contributed by atoms with Gasteiger partial charge in [0.05, 0.1) is 28.5 Å². The zero-order chi connectivity index (χ0) is 28.9. The maximum absolute atomic E-state index is 13.8. The van der Waals surface area contributed by atoms with Gasteiger partial charge in [-0.2, -0.15) is 0 Å². The van der Waals surface area contributed by atoms with Crippen LogP contribution in [0.1, 0.15) is 54.2 Å². The largest absolute Gasteiger partial charge is 0.485 e. The van der Waals surface area contributed by atoms with Crippen molar-refractivity contribution >= 4 is 34.8 Å². The number of carbonyl (C=O) groups excluding carboxylic acids is 2. The molecule has 2 aromatic heterocycles. The molecule has 0 aliphatic carbocycles. The maximum atomic E-state index is 13.8. The Bertz CT molecular complexity index is 1360. The normalized spacial score (nSPS) is 16.1. The molecule has 2 saturated heterocycles. The number of benzene rings is 1. The molecule has 4 heterocycles. The number of para-hydroxylation sites is 1. The van der Waals surface area contributed by atoms with Crippen LogP contribution in [-0.2, 0) is 17.9 Å². The second kappa shape index (κ2) is 13.4. The second-order valence-electron chi connectivity index (χ2n) is 11.4. The number of nitrogens with zero attached hydrogens (tertiary/aromatic N) is 5. The number of likely N-dealkylation sites (tertiary alicyclic amines) is 1. The number of hydrogen-bond acceptors (Lipinski definition) is 6. The fourth-order valence-corrected chi connectivity index (χ4v) is 6.37. The number of hydrogen-bond donors (Lipinski definition) is 0. The molecule has 5 rings (SSSR count). The maximum Gasteiger partial charge on any atom is 0.255 e. The lowest BCUT2D eigenvalue weighted by Gasteiger charge is -2.35. The summed E-state index contributed by atoms with van der Waals surface area (Å²) in [5.74, 6) is 1.44. The van der Waals surface area contributed by atoms with E-state index in [0.717, 1.165) is 66.5 Å². The van der Waals surface area contributed by atoms with E-state index in [9.17, 15) is 9.59 Å². The fourth-order valence-electron chi connectivity index (χ4n) is 5.48. The molecule has 0 bridgehead atoms. The lowest BCUT2D eigenvalue weighted by Crippen LogP contribution is -2.51. The average Bonchev–Trinajstić information content (AvgIpc) is 3.72. The molecule has 3 aromatic rings. The van der Waals surface area contributed by atoms with E-state index in [1.807, 2.05) is 46.4 Å². The van der Waals surface area contributed by atoms with Gasteiger partial charge in [-0.05, 0) is 50.3 Å². The standard InChI is InChI=1S/C31H40ClN5O3S/c1-22(2)10-13-37-23(3)24(31(39)36-16-14-34(15-17-36)19-30(38)35-11-6-7-12-35)18-27(37)26-21-41-29(33-26)20-40-28-9-5-4-8-25(28)32/h4-5,8-9,18,21-22H,6-7,10-17,19-20H2,1-3H3. The highest BCUT2D eigenvalue weighted by molar-refractivity contribution is 7.09. The van der Waals surface area contributed by atoms with Crippen LogP contribution in [-0.4, -0.2) is 81.9 Å². The van der Waals surface area contributed by atoms with Crippen molar-refractivity contribution in [1.82, 2.24) is 24.3 Å². The molecule has 2 fully saturated rings. The minimum absolute atomic E-state index is 0.0510. The Kier molecular flexibility index (Phi) is 9.68. The van der Waals surface area contributed by atoms with Crippen molar-refractivity contribution in [2.45, 2.75) is 53.2 Å². The van der Waals surface area contributed by atoms with Gasteiger partial charge in [0.15, 0.2) is 0 Å². The Hall–Kier alpha value is -2.88. The second-order valence-corrected chi connectivity index (χ2v) is 12.7. The summed E-state index contributed by atoms with van der Waals surface area (Å²) in [6, 6.07) is 9.43. The van der Waals surface area contributed by atoms with Crippen molar-refractivity contribution in [2.24, 2.45) is 5.92 Å². The Morgan fingerprint density at radius 1 is 1.05 bits per heavy atom. The van der Waals surface area contributed by atoms with Gasteiger partial charge < -0.3 is 19.1 Å². The molecule has 0 spiro atoms. The van der Waals surface area contributed by atoms with E-state index in [4.69, 9.17) is 21.3 Å². The lowest BCUT2D eigenvalue weighted by molar-refractivity contribution is -0.131. The number of rotatable bonds is 10. The summed E-state index contributed by atoms with van der Waals surface area (Å²) in [4.78, 5) is 37.3. The van der Waals surface area contributed by atoms with Gasteiger partial charge >= 0.3 is 0 Å². The molecule has 2 aliphatic rings. The van der Waals surface area contributed by atoms with E-state index < -0.39 is 0 Å². The third-order valence-electron chi connectivity index (χ3n) is 8.01. The molecular formula is C31H40ClN5O3S. The summed E-state index contributed by atoms with van der Waals surface area (Å²) >= 11 is 7.79. The van der Waals surface area contributed by atoms with E-state index in [1.54, 1.807) is 17.4 Å². The molecule has 0 atom stereocenters. The van der Waals surface area contributed by atoms with Gasteiger partial charge in [-0.3, -0.25) is 14.5 Å². The molecule has 2 amide bonds. The molecule has 220 valence electrons. The first kappa shape index (κ1) is 29.6. The highest BCUT2D eigenvalue weighted by atomic mass is 35.5. The Morgan fingerprint density at radius 3 is 2.49 bits per heavy atom. The first-order chi connectivity index (χ1) is 19.8. The molecular weight excluding hydrogens is 558 g/mol. The van der Waals surface area contributed by atoms with Crippen LogP contribution < -0.4 is 4.74 Å². The Labute approximate surface area is 251 Å². The number of halogens is 1. The summed E-state index contributed by atoms with van der Waals surface area (Å²) in [5.41, 5.74) is 3.51. The minimum Gasteiger partial charge on any atom is -0.485 e. The predicted molar refractivity (Wildman–Crippen MR) is 164 cm³/mol. The van der Waals surface area contributed by atoms with Gasteiger partial charge in [0.2, 0.25) is 5.91 Å². The van der Waals surface area contributed by atoms with E-state index >= 15 is 0 Å². The van der Waals surface area contributed by atoms with Crippen LogP contribution in [0.2, 0.25) is 5.02 Å². The average molecular weight is 598 g/mol. The van der Waals surface area contributed by atoms with Crippen LogP contribution in [0.4, 0.5) is 0 Å². The number of carbonyl (C=O) groups is 2. The third-order valence-corrected chi connectivity index (χ3v) is 9.14. The highest BCUT2D eigenvalue weighted by Gasteiger charge is 2.28. The lowest BCUT2D eigenvalue weighted by atomic mass is 10.1. The zero-order valence-corrected chi connectivity index (χ0v) is 25.8. The number of piperazine rings is 1. The molecule has 0 unspecified atom stereocenters. The van der Waals surface area contributed by atoms with Crippen molar-refractivity contribution in [3.8, 4) is 17.1 Å². The van der Waals surface area contributed by atoms with Crippen molar-refractivity contribution in [3.05, 3.63) is 57.0 Å². The van der Waals surface area contributed by atoms with Crippen molar-refractivity contribution in [2.75, 3.05) is 45.8 Å². The Morgan fingerprint density at radius 2 is 1.78 bits per heavy atom. The smallest absolute Gasteiger partial charge is 0.255 e. The summed E-state index contributed by atoms with van der Waals surface area (Å²) in [7, 11) is 0. The van der Waals surface area contributed by atoms with Crippen LogP contribution in [0.3, 0.4) is 0 Å². The van der Waals surface area contributed by atoms with Crippen molar-refractivity contribution < 1.29 is 14.3 Å². The Balaban J connectivity index is 1.28. The fraction of sp³-hybridized carbons (Fsp3) is 0.516. The van der Waals surface area contributed by atoms with Crippen LogP contribution >= 0.6 is 22.9 Å². The van der Waals surface area contributed by atoms with E-state index in [0.29, 0.717) is 56.0 Å². The van der Waals surface area contributed by atoms with Gasteiger partial charge in [0.1, 0.15) is 17.4 Å².